The lowest BCUT2D eigenvalue weighted by Crippen LogP contribution is -2.46. The van der Waals surface area contributed by atoms with Gasteiger partial charge in [0, 0.05) is 36.7 Å². The molecule has 0 unspecified atom stereocenters. The van der Waals surface area contributed by atoms with Gasteiger partial charge in [0.15, 0.2) is 5.78 Å². The summed E-state index contributed by atoms with van der Waals surface area (Å²) >= 11 is 1.66. The molecule has 0 saturated carbocycles. The number of thiophene rings is 1. The average molecular weight is 359 g/mol. The Kier molecular flexibility index (Phi) is 4.25. The number of β-amino-alcohol motifs (C(OH)–C–C–N with tert-alkyl or cyclic N) is 1. The number of hydrogen-bond acceptors (Lipinski definition) is 5. The first kappa shape index (κ1) is 16.5. The molecule has 4 rings (SSSR count). The maximum absolute atomic E-state index is 12.9. The third kappa shape index (κ3) is 2.83. The van der Waals surface area contributed by atoms with Crippen LogP contribution in [0.15, 0.2) is 22.1 Å². The Labute approximate surface area is 150 Å². The van der Waals surface area contributed by atoms with Crippen LogP contribution < -0.4 is 0 Å². The van der Waals surface area contributed by atoms with E-state index >= 15 is 0 Å². The molecular weight excluding hydrogens is 338 g/mol. The Hall–Kier alpha value is -1.92. The number of ketones is 1. The van der Waals surface area contributed by atoms with Gasteiger partial charge in [0.25, 0.3) is 5.91 Å². The van der Waals surface area contributed by atoms with Crippen molar-refractivity contribution in [1.29, 1.82) is 0 Å². The second-order valence-electron chi connectivity index (χ2n) is 6.91. The van der Waals surface area contributed by atoms with Crippen molar-refractivity contribution in [3.63, 3.8) is 0 Å². The molecule has 3 heterocycles. The predicted octanol–water partition coefficient (Wildman–Crippen LogP) is 3.16. The molecule has 1 amide bonds. The molecule has 0 spiro atoms. The summed E-state index contributed by atoms with van der Waals surface area (Å²) in [5, 5.41) is 12.6. The van der Waals surface area contributed by atoms with Gasteiger partial charge < -0.3 is 14.4 Å². The van der Waals surface area contributed by atoms with Crippen LogP contribution in [0.3, 0.4) is 0 Å². The van der Waals surface area contributed by atoms with E-state index in [2.05, 4.69) is 13.0 Å². The zero-order chi connectivity index (χ0) is 17.6. The molecule has 5 nitrogen and oxygen atoms in total. The Balaban J connectivity index is 1.53. The standard InChI is InChI=1S/C19H21NO4S/c1-11-6-8-25-18(11)12-5-7-20(9-15(12)22)19(23)13-10-24-16-4-2-3-14(21)17(13)16/h6,8,10,12,15,22H,2-5,7,9H2,1H3/t12-,15-/m1/s1. The average Bonchev–Trinajstić information content (AvgIpc) is 3.21. The number of hydrogen-bond donors (Lipinski definition) is 1. The topological polar surface area (TPSA) is 70.8 Å². The summed E-state index contributed by atoms with van der Waals surface area (Å²) in [6.45, 7) is 2.92. The smallest absolute Gasteiger partial charge is 0.257 e. The summed E-state index contributed by atoms with van der Waals surface area (Å²) in [5.74, 6) is 0.483. The number of nitrogens with zero attached hydrogens (tertiary/aromatic N) is 1. The van der Waals surface area contributed by atoms with Gasteiger partial charge in [-0.1, -0.05) is 0 Å². The normalized spacial score (nSPS) is 23.6. The minimum atomic E-state index is -0.589. The van der Waals surface area contributed by atoms with E-state index in [1.807, 2.05) is 5.38 Å². The number of fused-ring (bicyclic) bond motifs is 1. The summed E-state index contributed by atoms with van der Waals surface area (Å²) in [6, 6.07) is 2.06. The number of likely N-dealkylation sites (tertiary alicyclic amines) is 1. The third-order valence-electron chi connectivity index (χ3n) is 5.29. The van der Waals surface area contributed by atoms with Crippen molar-refractivity contribution >= 4 is 23.0 Å². The Bertz CT molecular complexity index is 821. The zero-order valence-electron chi connectivity index (χ0n) is 14.2. The van der Waals surface area contributed by atoms with Crippen molar-refractivity contribution in [2.75, 3.05) is 13.1 Å². The Morgan fingerprint density at radius 3 is 2.96 bits per heavy atom. The summed E-state index contributed by atoms with van der Waals surface area (Å²) in [7, 11) is 0. The molecule has 25 heavy (non-hydrogen) atoms. The van der Waals surface area contributed by atoms with Gasteiger partial charge in [0.1, 0.15) is 12.0 Å². The number of furan rings is 1. The van der Waals surface area contributed by atoms with E-state index in [9.17, 15) is 14.7 Å². The van der Waals surface area contributed by atoms with Gasteiger partial charge in [0.05, 0.1) is 17.2 Å². The molecule has 1 fully saturated rings. The third-order valence-corrected chi connectivity index (χ3v) is 6.44. The van der Waals surface area contributed by atoms with E-state index in [-0.39, 0.29) is 24.2 Å². The molecule has 0 radical (unpaired) electrons. The molecule has 0 aromatic carbocycles. The van der Waals surface area contributed by atoms with Crippen LogP contribution in [-0.2, 0) is 6.42 Å². The van der Waals surface area contributed by atoms with Crippen molar-refractivity contribution in [2.24, 2.45) is 0 Å². The van der Waals surface area contributed by atoms with Crippen molar-refractivity contribution in [3.8, 4) is 0 Å². The first-order valence-corrected chi connectivity index (χ1v) is 9.59. The molecule has 2 aliphatic rings. The highest BCUT2D eigenvalue weighted by atomic mass is 32.1. The van der Waals surface area contributed by atoms with Gasteiger partial charge in [0.2, 0.25) is 0 Å². The Morgan fingerprint density at radius 1 is 1.40 bits per heavy atom. The number of amides is 1. The number of aliphatic hydroxyl groups is 1. The van der Waals surface area contributed by atoms with Gasteiger partial charge >= 0.3 is 0 Å². The number of piperidine rings is 1. The maximum Gasteiger partial charge on any atom is 0.257 e. The monoisotopic (exact) mass is 359 g/mol. The van der Waals surface area contributed by atoms with Crippen LogP contribution in [0.4, 0.5) is 0 Å². The number of aryl methyl sites for hydroxylation is 2. The molecule has 1 aliphatic heterocycles. The second-order valence-corrected chi connectivity index (χ2v) is 7.85. The fourth-order valence-electron chi connectivity index (χ4n) is 3.94. The molecule has 0 bridgehead atoms. The number of carbonyl (C=O) groups excluding carboxylic acids is 2. The molecule has 1 saturated heterocycles. The highest BCUT2D eigenvalue weighted by Crippen LogP contribution is 2.35. The first-order valence-electron chi connectivity index (χ1n) is 8.71. The fraction of sp³-hybridized carbons (Fsp3) is 0.474. The van der Waals surface area contributed by atoms with E-state index in [4.69, 9.17) is 4.42 Å². The molecule has 132 valence electrons. The van der Waals surface area contributed by atoms with E-state index in [1.165, 1.54) is 16.7 Å². The van der Waals surface area contributed by atoms with E-state index < -0.39 is 6.10 Å². The van der Waals surface area contributed by atoms with Crippen molar-refractivity contribution in [1.82, 2.24) is 4.90 Å². The fourth-order valence-corrected chi connectivity index (χ4v) is 5.06. The quantitative estimate of drug-likeness (QED) is 0.894. The van der Waals surface area contributed by atoms with E-state index in [1.54, 1.807) is 16.2 Å². The molecule has 2 atom stereocenters. The highest BCUT2D eigenvalue weighted by Gasteiger charge is 2.35. The summed E-state index contributed by atoms with van der Waals surface area (Å²) < 4.78 is 5.46. The van der Waals surface area contributed by atoms with Crippen molar-refractivity contribution in [3.05, 3.63) is 45.0 Å². The molecule has 2 aromatic heterocycles. The lowest BCUT2D eigenvalue weighted by atomic mass is 9.89. The van der Waals surface area contributed by atoms with Crippen LogP contribution in [0.5, 0.6) is 0 Å². The number of Topliss-reactive ketones (excluding diaryl/α,β-unsaturated/α-hetero) is 1. The molecule has 2 aromatic rings. The summed E-state index contributed by atoms with van der Waals surface area (Å²) in [6.07, 6.45) is 3.50. The zero-order valence-corrected chi connectivity index (χ0v) is 15.0. The summed E-state index contributed by atoms with van der Waals surface area (Å²) in [4.78, 5) is 27.9. The number of rotatable bonds is 2. The van der Waals surface area contributed by atoms with E-state index in [0.29, 0.717) is 36.3 Å². The molecular formula is C19H21NO4S. The van der Waals surface area contributed by atoms with Crippen LogP contribution in [0.1, 0.15) is 62.1 Å². The SMILES string of the molecule is Cc1ccsc1[C@@H]1CCN(C(=O)c2coc3c2C(=O)CCC3)C[C@H]1O. The molecule has 1 N–H and O–H groups in total. The van der Waals surface area contributed by atoms with Gasteiger partial charge in [-0.2, -0.15) is 0 Å². The highest BCUT2D eigenvalue weighted by molar-refractivity contribution is 7.10. The van der Waals surface area contributed by atoms with Gasteiger partial charge in [-0.25, -0.2) is 0 Å². The van der Waals surface area contributed by atoms with Crippen LogP contribution >= 0.6 is 11.3 Å². The van der Waals surface area contributed by atoms with Gasteiger partial charge in [-0.3, -0.25) is 9.59 Å². The van der Waals surface area contributed by atoms with Crippen LogP contribution in [-0.4, -0.2) is 40.9 Å². The molecule has 1 aliphatic carbocycles. The number of aliphatic hydroxyl groups excluding tert-OH is 1. The van der Waals surface area contributed by atoms with Gasteiger partial charge in [-0.15, -0.1) is 11.3 Å². The van der Waals surface area contributed by atoms with Gasteiger partial charge in [-0.05, 0) is 36.8 Å². The second kappa shape index (κ2) is 6.42. The first-order chi connectivity index (χ1) is 12.1. The van der Waals surface area contributed by atoms with Crippen LogP contribution in [0, 0.1) is 6.92 Å². The predicted molar refractivity (Wildman–Crippen MR) is 94.3 cm³/mol. The maximum atomic E-state index is 12.9. The van der Waals surface area contributed by atoms with Crippen molar-refractivity contribution in [2.45, 2.75) is 44.6 Å². The lowest BCUT2D eigenvalue weighted by Gasteiger charge is -2.36. The van der Waals surface area contributed by atoms with E-state index in [0.717, 1.165) is 12.8 Å². The van der Waals surface area contributed by atoms with Crippen LogP contribution in [0.25, 0.3) is 0 Å². The van der Waals surface area contributed by atoms with Crippen LogP contribution in [0.2, 0.25) is 0 Å². The minimum absolute atomic E-state index is 0.0111. The van der Waals surface area contributed by atoms with Crippen molar-refractivity contribution < 1.29 is 19.1 Å². The largest absolute Gasteiger partial charge is 0.468 e. The minimum Gasteiger partial charge on any atom is -0.468 e. The number of carbonyl (C=O) groups is 2. The molecule has 6 heteroatoms. The summed E-state index contributed by atoms with van der Waals surface area (Å²) in [5.41, 5.74) is 2.02. The Morgan fingerprint density at radius 2 is 2.24 bits per heavy atom. The lowest BCUT2D eigenvalue weighted by molar-refractivity contribution is 0.0385.